The Morgan fingerprint density at radius 2 is 2.00 bits per heavy atom. The predicted octanol–water partition coefficient (Wildman–Crippen LogP) is 0.669. The summed E-state index contributed by atoms with van der Waals surface area (Å²) in [5, 5.41) is 9.66. The van der Waals surface area contributed by atoms with Gasteiger partial charge in [-0.3, -0.25) is 14.7 Å². The molecule has 0 atom stereocenters. The number of likely N-dealkylation sites (tertiary alicyclic amines) is 1. The second-order valence-electron chi connectivity index (χ2n) is 5.47. The zero-order valence-corrected chi connectivity index (χ0v) is 12.1. The van der Waals surface area contributed by atoms with E-state index in [1.807, 2.05) is 13.8 Å². The molecule has 0 saturated carbocycles. The van der Waals surface area contributed by atoms with Crippen LogP contribution in [0.3, 0.4) is 0 Å². The molecule has 1 aromatic heterocycles. The lowest BCUT2D eigenvalue weighted by molar-refractivity contribution is -0.119. The quantitative estimate of drug-likeness (QED) is 0.850. The summed E-state index contributed by atoms with van der Waals surface area (Å²) in [7, 11) is 0. The lowest BCUT2D eigenvalue weighted by Crippen LogP contribution is -2.46. The topological polar surface area (TPSA) is 91.0 Å². The van der Waals surface area contributed by atoms with Gasteiger partial charge in [-0.25, -0.2) is 4.98 Å². The molecule has 2 heterocycles. The molecule has 1 fully saturated rings. The van der Waals surface area contributed by atoms with Gasteiger partial charge in [-0.05, 0) is 12.8 Å². The summed E-state index contributed by atoms with van der Waals surface area (Å²) in [4.78, 5) is 29.2. The molecule has 0 bridgehead atoms. The highest BCUT2D eigenvalue weighted by Gasteiger charge is 2.26. The fraction of sp³-hybridized carbons (Fsp3) is 0.692. The molecule has 1 aromatic rings. The Bertz CT molecular complexity index is 489. The number of aromatic amines is 1. The van der Waals surface area contributed by atoms with Gasteiger partial charge < -0.3 is 10.2 Å². The van der Waals surface area contributed by atoms with E-state index in [1.54, 1.807) is 4.90 Å². The Kier molecular flexibility index (Phi) is 4.36. The summed E-state index contributed by atoms with van der Waals surface area (Å²) in [5.41, 5.74) is 0. The van der Waals surface area contributed by atoms with Gasteiger partial charge in [-0.1, -0.05) is 13.8 Å². The number of nitrogens with one attached hydrogen (secondary N) is 2. The minimum atomic E-state index is -0.144. The van der Waals surface area contributed by atoms with Crippen LogP contribution in [0.15, 0.2) is 0 Å². The smallest absolute Gasteiger partial charge is 0.293 e. The van der Waals surface area contributed by atoms with E-state index in [0.29, 0.717) is 13.1 Å². The van der Waals surface area contributed by atoms with E-state index in [2.05, 4.69) is 20.5 Å². The third-order valence-corrected chi connectivity index (χ3v) is 3.43. The lowest BCUT2D eigenvalue weighted by atomic mass is 10.0. The number of aromatic nitrogens is 3. The molecule has 1 saturated heterocycles. The first kappa shape index (κ1) is 14.5. The van der Waals surface area contributed by atoms with Crippen LogP contribution in [0.4, 0.5) is 0 Å². The minimum absolute atomic E-state index is 0.0229. The number of carbonyl (C=O) groups is 2. The molecule has 2 rings (SSSR count). The molecule has 2 N–H and O–H groups in total. The van der Waals surface area contributed by atoms with Crippen molar-refractivity contribution in [2.24, 2.45) is 0 Å². The summed E-state index contributed by atoms with van der Waals surface area (Å²) in [5.74, 6) is 1.00. The van der Waals surface area contributed by atoms with Gasteiger partial charge in [0.2, 0.25) is 11.7 Å². The lowest BCUT2D eigenvalue weighted by Gasteiger charge is -2.31. The summed E-state index contributed by atoms with van der Waals surface area (Å²) in [6.45, 7) is 6.74. The zero-order valence-electron chi connectivity index (χ0n) is 12.1. The molecule has 0 radical (unpaired) electrons. The predicted molar refractivity (Wildman–Crippen MR) is 73.2 cm³/mol. The van der Waals surface area contributed by atoms with Gasteiger partial charge in [0.25, 0.3) is 5.91 Å². The van der Waals surface area contributed by atoms with Crippen LogP contribution in [0.1, 0.15) is 56.0 Å². The summed E-state index contributed by atoms with van der Waals surface area (Å²) in [6, 6.07) is 0.162. The largest absolute Gasteiger partial charge is 0.353 e. The molecule has 7 nitrogen and oxygen atoms in total. The van der Waals surface area contributed by atoms with Crippen molar-refractivity contribution in [1.82, 2.24) is 25.4 Å². The minimum Gasteiger partial charge on any atom is -0.353 e. The molecule has 0 aliphatic carbocycles. The zero-order chi connectivity index (χ0) is 14.7. The molecule has 0 aromatic carbocycles. The molecule has 2 amide bonds. The summed E-state index contributed by atoms with van der Waals surface area (Å²) in [6.07, 6.45) is 1.54. The Hall–Kier alpha value is -1.92. The second-order valence-corrected chi connectivity index (χ2v) is 5.47. The number of piperidine rings is 1. The van der Waals surface area contributed by atoms with Crippen molar-refractivity contribution in [3.8, 4) is 0 Å². The summed E-state index contributed by atoms with van der Waals surface area (Å²) < 4.78 is 0. The van der Waals surface area contributed by atoms with E-state index in [0.717, 1.165) is 18.7 Å². The molecule has 0 unspecified atom stereocenters. The van der Waals surface area contributed by atoms with E-state index in [4.69, 9.17) is 0 Å². The van der Waals surface area contributed by atoms with Crippen molar-refractivity contribution < 1.29 is 9.59 Å². The first-order valence-electron chi connectivity index (χ1n) is 6.96. The van der Waals surface area contributed by atoms with Crippen molar-refractivity contribution in [3.05, 3.63) is 11.6 Å². The maximum atomic E-state index is 12.3. The standard InChI is InChI=1S/C13H21N5O2/c1-8(2)11-15-12(17-16-11)13(20)18-6-4-10(5-7-18)14-9(3)19/h8,10H,4-7H2,1-3H3,(H,14,19)(H,15,16,17). The Balaban J connectivity index is 1.92. The van der Waals surface area contributed by atoms with Crippen LogP contribution in [0.2, 0.25) is 0 Å². The van der Waals surface area contributed by atoms with Gasteiger partial charge in [0.1, 0.15) is 5.82 Å². The SMILES string of the molecule is CC(=O)NC1CCN(C(=O)c2n[nH]c(C(C)C)n2)CC1. The van der Waals surface area contributed by atoms with Gasteiger partial charge in [-0.2, -0.15) is 0 Å². The fourth-order valence-electron chi connectivity index (χ4n) is 2.28. The average molecular weight is 279 g/mol. The van der Waals surface area contributed by atoms with Crippen LogP contribution in [-0.4, -0.2) is 51.0 Å². The van der Waals surface area contributed by atoms with Crippen LogP contribution < -0.4 is 5.32 Å². The van der Waals surface area contributed by atoms with Gasteiger partial charge in [0, 0.05) is 32.0 Å². The van der Waals surface area contributed by atoms with Crippen molar-refractivity contribution >= 4 is 11.8 Å². The van der Waals surface area contributed by atoms with Gasteiger partial charge >= 0.3 is 0 Å². The van der Waals surface area contributed by atoms with Crippen LogP contribution in [-0.2, 0) is 4.79 Å². The maximum Gasteiger partial charge on any atom is 0.293 e. The van der Waals surface area contributed by atoms with Crippen LogP contribution in [0.25, 0.3) is 0 Å². The molecule has 1 aliphatic rings. The number of nitrogens with zero attached hydrogens (tertiary/aromatic N) is 3. The third-order valence-electron chi connectivity index (χ3n) is 3.43. The van der Waals surface area contributed by atoms with Crippen LogP contribution in [0, 0.1) is 0 Å². The maximum absolute atomic E-state index is 12.3. The highest BCUT2D eigenvalue weighted by atomic mass is 16.2. The molecule has 0 spiro atoms. The van der Waals surface area contributed by atoms with Crippen molar-refractivity contribution in [2.45, 2.75) is 45.6 Å². The van der Waals surface area contributed by atoms with Crippen LogP contribution in [0.5, 0.6) is 0 Å². The van der Waals surface area contributed by atoms with Crippen LogP contribution >= 0.6 is 0 Å². The van der Waals surface area contributed by atoms with Gasteiger partial charge in [-0.15, -0.1) is 5.10 Å². The third kappa shape index (κ3) is 3.34. The molecule has 20 heavy (non-hydrogen) atoms. The summed E-state index contributed by atoms with van der Waals surface area (Å²) >= 11 is 0. The van der Waals surface area contributed by atoms with E-state index in [9.17, 15) is 9.59 Å². The highest BCUT2D eigenvalue weighted by Crippen LogP contribution is 2.14. The first-order valence-corrected chi connectivity index (χ1v) is 6.96. The Morgan fingerprint density at radius 3 is 2.50 bits per heavy atom. The molecule has 1 aliphatic heterocycles. The van der Waals surface area contributed by atoms with E-state index >= 15 is 0 Å². The monoisotopic (exact) mass is 279 g/mol. The normalized spacial score (nSPS) is 16.5. The van der Waals surface area contributed by atoms with Crippen molar-refractivity contribution in [2.75, 3.05) is 13.1 Å². The molecule has 110 valence electrons. The van der Waals surface area contributed by atoms with E-state index in [1.165, 1.54) is 6.92 Å². The van der Waals surface area contributed by atoms with Gasteiger partial charge in [0.05, 0.1) is 0 Å². The molecule has 7 heteroatoms. The van der Waals surface area contributed by atoms with E-state index < -0.39 is 0 Å². The Morgan fingerprint density at radius 1 is 1.35 bits per heavy atom. The van der Waals surface area contributed by atoms with Gasteiger partial charge in [0.15, 0.2) is 0 Å². The second kappa shape index (κ2) is 6.02. The molecular formula is C13H21N5O2. The number of carbonyl (C=O) groups excluding carboxylic acids is 2. The average Bonchev–Trinajstić information content (AvgIpc) is 2.88. The number of rotatable bonds is 3. The number of H-pyrrole nitrogens is 1. The van der Waals surface area contributed by atoms with E-state index in [-0.39, 0.29) is 29.6 Å². The number of hydrogen-bond donors (Lipinski definition) is 2. The highest BCUT2D eigenvalue weighted by molar-refractivity contribution is 5.90. The Labute approximate surface area is 118 Å². The number of hydrogen-bond acceptors (Lipinski definition) is 4. The molecular weight excluding hydrogens is 258 g/mol. The van der Waals surface area contributed by atoms with Crippen molar-refractivity contribution in [3.63, 3.8) is 0 Å². The van der Waals surface area contributed by atoms with Crippen molar-refractivity contribution in [1.29, 1.82) is 0 Å². The first-order chi connectivity index (χ1) is 9.47. The number of amides is 2. The fourth-order valence-corrected chi connectivity index (χ4v) is 2.28.